The van der Waals surface area contributed by atoms with Crippen molar-refractivity contribution in [1.29, 1.82) is 0 Å². The smallest absolute Gasteiger partial charge is 0.224 e. The van der Waals surface area contributed by atoms with E-state index < -0.39 is 0 Å². The summed E-state index contributed by atoms with van der Waals surface area (Å²) in [7, 11) is 1.70. The first kappa shape index (κ1) is 20.4. The first-order valence-electron chi connectivity index (χ1n) is 10.7. The quantitative estimate of drug-likeness (QED) is 0.638. The van der Waals surface area contributed by atoms with Crippen molar-refractivity contribution in [2.24, 2.45) is 0 Å². The predicted molar refractivity (Wildman–Crippen MR) is 118 cm³/mol. The average molecular weight is 407 g/mol. The summed E-state index contributed by atoms with van der Waals surface area (Å²) in [6, 6.07) is 8.27. The van der Waals surface area contributed by atoms with Crippen LogP contribution in [-0.2, 0) is 11.3 Å². The van der Waals surface area contributed by atoms with Gasteiger partial charge in [0.15, 0.2) is 0 Å². The van der Waals surface area contributed by atoms with Gasteiger partial charge in [-0.1, -0.05) is 0 Å². The van der Waals surface area contributed by atoms with E-state index in [0.717, 1.165) is 59.7 Å². The van der Waals surface area contributed by atoms with Gasteiger partial charge in [-0.3, -0.25) is 14.5 Å². The van der Waals surface area contributed by atoms with E-state index in [4.69, 9.17) is 9.72 Å². The second-order valence-electron chi connectivity index (χ2n) is 8.30. The van der Waals surface area contributed by atoms with E-state index in [1.807, 2.05) is 47.8 Å². The molecule has 1 aliphatic rings. The molecule has 3 aromatic rings. The Hall–Kier alpha value is -2.89. The third-order valence-corrected chi connectivity index (χ3v) is 6.20. The van der Waals surface area contributed by atoms with Gasteiger partial charge in [0.25, 0.3) is 0 Å². The van der Waals surface area contributed by atoms with Crippen LogP contribution in [-0.4, -0.2) is 45.8 Å². The summed E-state index contributed by atoms with van der Waals surface area (Å²) >= 11 is 0. The third kappa shape index (κ3) is 4.04. The fraction of sp³-hybridized carbons (Fsp3) is 0.458. The van der Waals surface area contributed by atoms with Gasteiger partial charge in [-0.05, 0) is 68.8 Å². The first-order chi connectivity index (χ1) is 14.5. The monoisotopic (exact) mass is 406 g/mol. The van der Waals surface area contributed by atoms with Crippen molar-refractivity contribution in [2.75, 3.05) is 20.2 Å². The Morgan fingerprint density at radius 2 is 2.07 bits per heavy atom. The molecule has 1 fully saturated rings. The minimum Gasteiger partial charge on any atom is -0.496 e. The number of aromatic nitrogens is 3. The lowest BCUT2D eigenvalue weighted by Crippen LogP contribution is -2.39. The number of methoxy groups -OCH3 is 1. The van der Waals surface area contributed by atoms with Gasteiger partial charge in [-0.25, -0.2) is 0 Å². The molecule has 0 aliphatic carbocycles. The number of amides is 1. The Kier molecular flexibility index (Phi) is 5.75. The van der Waals surface area contributed by atoms with Crippen molar-refractivity contribution < 1.29 is 9.53 Å². The molecule has 6 nitrogen and oxygen atoms in total. The number of carbonyl (C=O) groups excluding carboxylic acids is 1. The van der Waals surface area contributed by atoms with Gasteiger partial charge in [0, 0.05) is 54.9 Å². The summed E-state index contributed by atoms with van der Waals surface area (Å²) in [5.41, 5.74) is 4.29. The maximum atomic E-state index is 12.9. The summed E-state index contributed by atoms with van der Waals surface area (Å²) < 4.78 is 7.41. The van der Waals surface area contributed by atoms with E-state index in [9.17, 15) is 4.79 Å². The van der Waals surface area contributed by atoms with Gasteiger partial charge >= 0.3 is 0 Å². The molecule has 4 rings (SSSR count). The van der Waals surface area contributed by atoms with E-state index in [1.165, 1.54) is 5.39 Å². The second-order valence-corrected chi connectivity index (χ2v) is 8.30. The van der Waals surface area contributed by atoms with E-state index >= 15 is 0 Å². The van der Waals surface area contributed by atoms with Crippen molar-refractivity contribution >= 4 is 16.7 Å². The lowest BCUT2D eigenvalue weighted by Gasteiger charge is -2.32. The second kappa shape index (κ2) is 8.46. The van der Waals surface area contributed by atoms with Gasteiger partial charge in [-0.15, -0.1) is 0 Å². The van der Waals surface area contributed by atoms with Crippen LogP contribution in [0, 0.1) is 20.8 Å². The van der Waals surface area contributed by atoms with Crippen LogP contribution < -0.4 is 4.74 Å². The minimum atomic E-state index is 0.200. The topological polar surface area (TPSA) is 60.2 Å². The van der Waals surface area contributed by atoms with Gasteiger partial charge in [0.1, 0.15) is 5.75 Å². The molecule has 0 bridgehead atoms. The Bertz CT molecular complexity index is 1070. The maximum Gasteiger partial charge on any atom is 0.224 e. The lowest BCUT2D eigenvalue weighted by atomic mass is 9.92. The molecule has 1 saturated heterocycles. The highest BCUT2D eigenvalue weighted by atomic mass is 16.5. The number of rotatable bonds is 5. The molecule has 0 radical (unpaired) electrons. The third-order valence-electron chi connectivity index (χ3n) is 6.20. The summed E-state index contributed by atoms with van der Waals surface area (Å²) in [6.07, 6.45) is 4.49. The first-order valence-corrected chi connectivity index (χ1v) is 10.7. The fourth-order valence-electron chi connectivity index (χ4n) is 4.51. The number of benzene rings is 1. The number of hydrogen-bond acceptors (Lipinski definition) is 4. The van der Waals surface area contributed by atoms with Crippen molar-refractivity contribution in [1.82, 2.24) is 19.7 Å². The molecular weight excluding hydrogens is 376 g/mol. The van der Waals surface area contributed by atoms with Crippen LogP contribution in [0.15, 0.2) is 30.5 Å². The zero-order chi connectivity index (χ0) is 21.3. The highest BCUT2D eigenvalue weighted by molar-refractivity contribution is 5.87. The van der Waals surface area contributed by atoms with Crippen molar-refractivity contribution in [3.63, 3.8) is 0 Å². The molecule has 0 N–H and O–H groups in total. The van der Waals surface area contributed by atoms with Crippen LogP contribution >= 0.6 is 0 Å². The van der Waals surface area contributed by atoms with Crippen LogP contribution in [0.2, 0.25) is 0 Å². The molecule has 2 aromatic heterocycles. The number of aryl methyl sites for hydroxylation is 4. The highest BCUT2D eigenvalue weighted by Gasteiger charge is 2.26. The molecule has 158 valence electrons. The van der Waals surface area contributed by atoms with Crippen molar-refractivity contribution in [3.8, 4) is 5.75 Å². The lowest BCUT2D eigenvalue weighted by molar-refractivity contribution is -0.132. The average Bonchev–Trinajstić information content (AvgIpc) is 3.09. The van der Waals surface area contributed by atoms with Crippen LogP contribution in [0.4, 0.5) is 0 Å². The zero-order valence-electron chi connectivity index (χ0n) is 18.3. The summed E-state index contributed by atoms with van der Waals surface area (Å²) in [4.78, 5) is 19.6. The van der Waals surface area contributed by atoms with Crippen molar-refractivity contribution in [3.05, 3.63) is 53.1 Å². The number of hydrogen-bond donors (Lipinski definition) is 0. The van der Waals surface area contributed by atoms with Gasteiger partial charge < -0.3 is 9.64 Å². The Morgan fingerprint density at radius 3 is 2.80 bits per heavy atom. The zero-order valence-corrected chi connectivity index (χ0v) is 18.3. The number of ether oxygens (including phenoxy) is 1. The predicted octanol–water partition coefficient (Wildman–Crippen LogP) is 4.16. The maximum absolute atomic E-state index is 12.9. The number of fused-ring (bicyclic) bond motifs is 1. The molecule has 3 heterocycles. The Labute approximate surface area is 177 Å². The number of likely N-dealkylation sites (tertiary alicyclic amines) is 1. The normalized spacial score (nSPS) is 16.8. The number of pyridine rings is 1. The molecule has 0 spiro atoms. The fourth-order valence-corrected chi connectivity index (χ4v) is 4.51. The minimum absolute atomic E-state index is 0.200. The molecular formula is C24H30N4O2. The summed E-state index contributed by atoms with van der Waals surface area (Å²) in [6.45, 7) is 8.29. The Morgan fingerprint density at radius 1 is 1.23 bits per heavy atom. The largest absolute Gasteiger partial charge is 0.496 e. The molecule has 6 heteroatoms. The van der Waals surface area contributed by atoms with Crippen LogP contribution in [0.3, 0.4) is 0 Å². The Balaban J connectivity index is 1.47. The van der Waals surface area contributed by atoms with E-state index in [2.05, 4.69) is 18.1 Å². The van der Waals surface area contributed by atoms with Crippen molar-refractivity contribution in [2.45, 2.75) is 52.5 Å². The SMILES string of the molecule is COc1ccc2cnc(C3CCCN(C(=O)CCn4nc(C)cc4C)C3)cc2c1C. The van der Waals surface area contributed by atoms with Gasteiger partial charge in [0.05, 0.1) is 12.8 Å². The summed E-state index contributed by atoms with van der Waals surface area (Å²) in [5, 5.41) is 6.76. The number of piperidine rings is 1. The summed E-state index contributed by atoms with van der Waals surface area (Å²) in [5.74, 6) is 1.36. The van der Waals surface area contributed by atoms with Gasteiger partial charge in [0.2, 0.25) is 5.91 Å². The standard InChI is InChI=1S/C24H30N4O2/c1-16-12-17(2)28(26-16)11-9-24(29)27-10-5-6-20(15-27)22-13-21-18(3)23(30-4)8-7-19(21)14-25-22/h7-8,12-14,20H,5-6,9-11,15H2,1-4H3. The van der Waals surface area contributed by atoms with Crippen LogP contribution in [0.25, 0.3) is 10.8 Å². The molecule has 1 aromatic carbocycles. The number of carbonyl (C=O) groups is 1. The van der Waals surface area contributed by atoms with E-state index in [0.29, 0.717) is 13.0 Å². The molecule has 1 unspecified atom stereocenters. The molecule has 30 heavy (non-hydrogen) atoms. The van der Waals surface area contributed by atoms with Crippen LogP contribution in [0.1, 0.15) is 47.8 Å². The van der Waals surface area contributed by atoms with E-state index in [-0.39, 0.29) is 11.8 Å². The number of nitrogens with zero attached hydrogens (tertiary/aromatic N) is 4. The molecule has 1 aliphatic heterocycles. The van der Waals surface area contributed by atoms with E-state index in [1.54, 1.807) is 7.11 Å². The van der Waals surface area contributed by atoms with Crippen LogP contribution in [0.5, 0.6) is 5.75 Å². The molecule has 0 saturated carbocycles. The molecule has 1 amide bonds. The highest BCUT2D eigenvalue weighted by Crippen LogP contribution is 2.31. The van der Waals surface area contributed by atoms with Gasteiger partial charge in [-0.2, -0.15) is 5.10 Å². The molecule has 1 atom stereocenters.